The lowest BCUT2D eigenvalue weighted by atomic mass is 10.8. The van der Waals surface area contributed by atoms with Gasteiger partial charge in [0.15, 0.2) is 0 Å². The van der Waals surface area contributed by atoms with Crippen LogP contribution in [-0.2, 0) is 9.53 Å². The third kappa shape index (κ3) is 7.61. The Bertz CT molecular complexity index is 130. The average molecular weight is 193 g/mol. The molecule has 0 fully saturated rings. The van der Waals surface area contributed by atoms with Gasteiger partial charge in [-0.15, -0.1) is 0 Å². The Balaban J connectivity index is 3.10. The normalized spacial score (nSPS) is 8.82. The van der Waals surface area contributed by atoms with E-state index in [1.807, 2.05) is 6.92 Å². The van der Waals surface area contributed by atoms with Crippen molar-refractivity contribution in [1.82, 2.24) is 5.32 Å². The minimum absolute atomic E-state index is 0.542. The molecule has 0 aliphatic rings. The minimum Gasteiger partial charge on any atom is -0.479 e. The van der Waals surface area contributed by atoms with Gasteiger partial charge in [-0.25, -0.2) is 0 Å². The maximum atomic E-state index is 9.79. The molecule has 64 valence electrons. The lowest BCUT2D eigenvalue weighted by molar-refractivity contribution is -0.109. The van der Waals surface area contributed by atoms with E-state index in [0.29, 0.717) is 23.9 Å². The molecule has 0 aromatic carbocycles. The van der Waals surface area contributed by atoms with E-state index in [0.717, 1.165) is 5.75 Å². The lowest BCUT2D eigenvalue weighted by Gasteiger charge is -2.02. The Morgan fingerprint density at radius 2 is 2.55 bits per heavy atom. The number of thioether (sulfide) groups is 1. The highest BCUT2D eigenvalue weighted by atomic mass is 32.2. The minimum atomic E-state index is 0.542. The number of thiocarbonyl (C=S) groups is 1. The van der Waals surface area contributed by atoms with Crippen LogP contribution < -0.4 is 5.32 Å². The van der Waals surface area contributed by atoms with Crippen molar-refractivity contribution in [3.8, 4) is 0 Å². The largest absolute Gasteiger partial charge is 0.479 e. The number of carbonyl (C=O) groups is 1. The molecule has 0 aromatic heterocycles. The van der Waals surface area contributed by atoms with E-state index in [4.69, 9.17) is 17.0 Å². The van der Waals surface area contributed by atoms with Gasteiger partial charge in [-0.1, -0.05) is 11.8 Å². The van der Waals surface area contributed by atoms with Gasteiger partial charge in [0.25, 0.3) is 0 Å². The summed E-state index contributed by atoms with van der Waals surface area (Å²) in [6.45, 7) is 3.12. The van der Waals surface area contributed by atoms with Crippen LogP contribution in [0.15, 0.2) is 0 Å². The van der Waals surface area contributed by atoms with Crippen LogP contribution in [0.1, 0.15) is 6.92 Å². The third-order valence-corrected chi connectivity index (χ3v) is 2.05. The SMILES string of the molecule is CCOC(=S)SCCNC=O. The summed E-state index contributed by atoms with van der Waals surface area (Å²) in [5.74, 6) is 0.761. The summed E-state index contributed by atoms with van der Waals surface area (Å²) in [7, 11) is 0. The molecule has 0 bridgehead atoms. The van der Waals surface area contributed by atoms with Gasteiger partial charge in [-0.05, 0) is 19.1 Å². The van der Waals surface area contributed by atoms with Gasteiger partial charge < -0.3 is 10.1 Å². The maximum Gasteiger partial charge on any atom is 0.220 e. The van der Waals surface area contributed by atoms with Crippen molar-refractivity contribution in [2.45, 2.75) is 6.92 Å². The predicted octanol–water partition coefficient (Wildman–Crippen LogP) is 0.787. The van der Waals surface area contributed by atoms with Crippen LogP contribution in [0.3, 0.4) is 0 Å². The number of carbonyl (C=O) groups excluding carboxylic acids is 1. The van der Waals surface area contributed by atoms with Gasteiger partial charge in [0.1, 0.15) is 0 Å². The highest BCUT2D eigenvalue weighted by Gasteiger charge is 1.95. The molecule has 0 rings (SSSR count). The van der Waals surface area contributed by atoms with Crippen molar-refractivity contribution in [3.63, 3.8) is 0 Å². The van der Waals surface area contributed by atoms with E-state index < -0.39 is 0 Å². The fourth-order valence-corrected chi connectivity index (χ4v) is 1.37. The number of hydrogen-bond donors (Lipinski definition) is 1. The summed E-state index contributed by atoms with van der Waals surface area (Å²) >= 11 is 6.26. The topological polar surface area (TPSA) is 38.3 Å². The first kappa shape index (κ1) is 10.7. The molecule has 5 heteroatoms. The van der Waals surface area contributed by atoms with E-state index in [1.165, 1.54) is 11.8 Å². The Morgan fingerprint density at radius 3 is 3.09 bits per heavy atom. The monoisotopic (exact) mass is 193 g/mol. The predicted molar refractivity (Wildman–Crippen MR) is 50.7 cm³/mol. The lowest BCUT2D eigenvalue weighted by Crippen LogP contribution is -2.15. The fraction of sp³-hybridized carbons (Fsp3) is 0.667. The van der Waals surface area contributed by atoms with E-state index in [1.54, 1.807) is 0 Å². The molecule has 1 amide bonds. The maximum absolute atomic E-state index is 9.79. The van der Waals surface area contributed by atoms with E-state index >= 15 is 0 Å². The van der Waals surface area contributed by atoms with Crippen LogP contribution in [0.2, 0.25) is 0 Å². The molecular formula is C6H11NO2S2. The molecule has 1 N–H and O–H groups in total. The van der Waals surface area contributed by atoms with Crippen molar-refractivity contribution >= 4 is 34.8 Å². The van der Waals surface area contributed by atoms with E-state index in [2.05, 4.69) is 5.32 Å². The van der Waals surface area contributed by atoms with Crippen molar-refractivity contribution in [3.05, 3.63) is 0 Å². The number of amides is 1. The molecule has 0 unspecified atom stereocenters. The average Bonchev–Trinajstić information content (AvgIpc) is 1.99. The van der Waals surface area contributed by atoms with E-state index in [-0.39, 0.29) is 0 Å². The molecule has 0 saturated heterocycles. The molecule has 0 aromatic rings. The highest BCUT2D eigenvalue weighted by Crippen LogP contribution is 2.03. The quantitative estimate of drug-likeness (QED) is 0.398. The van der Waals surface area contributed by atoms with Crippen LogP contribution in [0, 0.1) is 0 Å². The van der Waals surface area contributed by atoms with Crippen LogP contribution in [0.5, 0.6) is 0 Å². The molecule has 11 heavy (non-hydrogen) atoms. The van der Waals surface area contributed by atoms with Gasteiger partial charge in [0.2, 0.25) is 10.8 Å². The first-order valence-corrected chi connectivity index (χ1v) is 4.67. The van der Waals surface area contributed by atoms with Gasteiger partial charge >= 0.3 is 0 Å². The number of rotatable bonds is 5. The Hall–Kier alpha value is -0.290. The number of ether oxygens (including phenoxy) is 1. The first-order valence-electron chi connectivity index (χ1n) is 3.27. The Labute approximate surface area is 75.9 Å². The summed E-state index contributed by atoms with van der Waals surface area (Å²) in [6, 6.07) is 0. The Kier molecular flexibility index (Phi) is 7.61. The van der Waals surface area contributed by atoms with Crippen LogP contribution in [0.4, 0.5) is 0 Å². The summed E-state index contributed by atoms with van der Waals surface area (Å²) in [5, 5.41) is 2.53. The summed E-state index contributed by atoms with van der Waals surface area (Å²) in [4.78, 5) is 9.79. The number of hydrogen-bond acceptors (Lipinski definition) is 4. The number of nitrogens with one attached hydrogen (secondary N) is 1. The van der Waals surface area contributed by atoms with Gasteiger partial charge in [-0.3, -0.25) is 4.79 Å². The summed E-state index contributed by atoms with van der Waals surface area (Å²) < 4.78 is 5.54. The molecule has 0 atom stereocenters. The summed E-state index contributed by atoms with van der Waals surface area (Å²) in [6.07, 6.45) is 0.671. The first-order chi connectivity index (χ1) is 5.31. The second kappa shape index (κ2) is 7.81. The van der Waals surface area contributed by atoms with Gasteiger partial charge in [-0.2, -0.15) is 0 Å². The van der Waals surface area contributed by atoms with Crippen molar-refractivity contribution in [2.24, 2.45) is 0 Å². The van der Waals surface area contributed by atoms with Crippen LogP contribution >= 0.6 is 24.0 Å². The zero-order chi connectivity index (χ0) is 8.53. The molecular weight excluding hydrogens is 182 g/mol. The molecule has 0 aliphatic heterocycles. The third-order valence-electron chi connectivity index (χ3n) is 0.812. The van der Waals surface area contributed by atoms with Crippen molar-refractivity contribution < 1.29 is 9.53 Å². The molecule has 0 spiro atoms. The van der Waals surface area contributed by atoms with Crippen LogP contribution in [-0.4, -0.2) is 29.7 Å². The van der Waals surface area contributed by atoms with Crippen LogP contribution in [0.25, 0.3) is 0 Å². The zero-order valence-electron chi connectivity index (χ0n) is 6.33. The molecule has 0 saturated carbocycles. The summed E-state index contributed by atoms with van der Waals surface area (Å²) in [5.41, 5.74) is 0. The molecule has 0 radical (unpaired) electrons. The van der Waals surface area contributed by atoms with Gasteiger partial charge in [0.05, 0.1) is 6.61 Å². The standard InChI is InChI=1S/C6H11NO2S2/c1-2-9-6(10)11-4-3-7-5-8/h5H,2-4H2,1H3,(H,7,8). The molecule has 0 heterocycles. The molecule has 3 nitrogen and oxygen atoms in total. The smallest absolute Gasteiger partial charge is 0.220 e. The van der Waals surface area contributed by atoms with E-state index in [9.17, 15) is 4.79 Å². The van der Waals surface area contributed by atoms with Gasteiger partial charge in [0, 0.05) is 12.3 Å². The fourth-order valence-electron chi connectivity index (χ4n) is 0.412. The molecule has 0 aliphatic carbocycles. The zero-order valence-corrected chi connectivity index (χ0v) is 7.96. The highest BCUT2D eigenvalue weighted by molar-refractivity contribution is 8.22. The second-order valence-electron chi connectivity index (χ2n) is 1.60. The van der Waals surface area contributed by atoms with Crippen molar-refractivity contribution in [2.75, 3.05) is 18.9 Å². The van der Waals surface area contributed by atoms with Crippen molar-refractivity contribution in [1.29, 1.82) is 0 Å². The second-order valence-corrected chi connectivity index (χ2v) is 3.30. The Morgan fingerprint density at radius 1 is 1.82 bits per heavy atom.